The van der Waals surface area contributed by atoms with Crippen molar-refractivity contribution in [3.05, 3.63) is 59.2 Å². The first-order chi connectivity index (χ1) is 10.1. The Morgan fingerprint density at radius 2 is 1.71 bits per heavy atom. The van der Waals surface area contributed by atoms with Gasteiger partial charge in [-0.15, -0.1) is 0 Å². The number of ether oxygens (including phenoxy) is 2. The fourth-order valence-electron chi connectivity index (χ4n) is 2.37. The summed E-state index contributed by atoms with van der Waals surface area (Å²) in [5.74, 6) is 1.59. The molecular formula is C18H22O3. The van der Waals surface area contributed by atoms with E-state index in [1.165, 1.54) is 5.56 Å². The van der Waals surface area contributed by atoms with Crippen molar-refractivity contribution in [2.45, 2.75) is 25.9 Å². The molecule has 112 valence electrons. The molecule has 0 fully saturated rings. The van der Waals surface area contributed by atoms with Crippen LogP contribution in [0, 0.1) is 6.92 Å². The summed E-state index contributed by atoms with van der Waals surface area (Å²) in [5, 5.41) is 10.4. The van der Waals surface area contributed by atoms with E-state index in [1.54, 1.807) is 14.2 Å². The molecule has 2 aromatic rings. The van der Waals surface area contributed by atoms with E-state index in [1.807, 2.05) is 49.4 Å². The van der Waals surface area contributed by atoms with E-state index in [4.69, 9.17) is 9.47 Å². The molecule has 0 amide bonds. The number of benzene rings is 2. The second-order valence-corrected chi connectivity index (χ2v) is 5.15. The van der Waals surface area contributed by atoms with Crippen LogP contribution >= 0.6 is 0 Å². The molecule has 2 aromatic carbocycles. The van der Waals surface area contributed by atoms with Crippen LogP contribution in [0.2, 0.25) is 0 Å². The number of aryl methyl sites for hydroxylation is 2. The first-order valence-corrected chi connectivity index (χ1v) is 7.09. The topological polar surface area (TPSA) is 38.7 Å². The highest BCUT2D eigenvalue weighted by atomic mass is 16.5. The maximum atomic E-state index is 10.4. The first kappa shape index (κ1) is 15.4. The van der Waals surface area contributed by atoms with Crippen molar-refractivity contribution in [3.63, 3.8) is 0 Å². The van der Waals surface area contributed by atoms with Gasteiger partial charge in [0.25, 0.3) is 0 Å². The maximum Gasteiger partial charge on any atom is 0.124 e. The quantitative estimate of drug-likeness (QED) is 0.880. The summed E-state index contributed by atoms with van der Waals surface area (Å²) in [5.41, 5.74) is 3.15. The lowest BCUT2D eigenvalue weighted by atomic mass is 9.99. The van der Waals surface area contributed by atoms with Crippen LogP contribution in [0.15, 0.2) is 42.5 Å². The predicted molar refractivity (Wildman–Crippen MR) is 84.0 cm³/mol. The SMILES string of the molecule is COc1ccc(CCC(O)c2cc(C)ccc2OC)cc1. The highest BCUT2D eigenvalue weighted by Gasteiger charge is 2.13. The Morgan fingerprint density at radius 3 is 2.33 bits per heavy atom. The van der Waals surface area contributed by atoms with Crippen molar-refractivity contribution in [1.82, 2.24) is 0 Å². The molecule has 0 saturated heterocycles. The summed E-state index contributed by atoms with van der Waals surface area (Å²) in [6, 6.07) is 13.8. The van der Waals surface area contributed by atoms with E-state index in [-0.39, 0.29) is 0 Å². The lowest BCUT2D eigenvalue weighted by Gasteiger charge is -2.15. The molecule has 0 radical (unpaired) electrons. The highest BCUT2D eigenvalue weighted by molar-refractivity contribution is 5.38. The van der Waals surface area contributed by atoms with Gasteiger partial charge in [0.05, 0.1) is 20.3 Å². The van der Waals surface area contributed by atoms with Crippen molar-refractivity contribution in [2.24, 2.45) is 0 Å². The maximum absolute atomic E-state index is 10.4. The molecule has 0 spiro atoms. The Morgan fingerprint density at radius 1 is 1.00 bits per heavy atom. The third-order valence-corrected chi connectivity index (χ3v) is 3.61. The molecule has 0 aliphatic rings. The Labute approximate surface area is 126 Å². The smallest absolute Gasteiger partial charge is 0.124 e. The van der Waals surface area contributed by atoms with E-state index in [9.17, 15) is 5.11 Å². The molecule has 21 heavy (non-hydrogen) atoms. The molecule has 2 rings (SSSR count). The standard InChI is InChI=1S/C18H22O3/c1-13-4-11-18(21-3)16(12-13)17(19)10-7-14-5-8-15(20-2)9-6-14/h4-6,8-9,11-12,17,19H,7,10H2,1-3H3. The van der Waals surface area contributed by atoms with Gasteiger partial charge in [0.1, 0.15) is 11.5 Å². The normalized spacial score (nSPS) is 12.0. The number of methoxy groups -OCH3 is 2. The molecule has 0 saturated carbocycles. The number of rotatable bonds is 6. The molecule has 3 nitrogen and oxygen atoms in total. The Bertz CT molecular complexity index is 576. The minimum Gasteiger partial charge on any atom is -0.497 e. The molecule has 0 aromatic heterocycles. The number of aliphatic hydroxyl groups excluding tert-OH is 1. The number of aliphatic hydroxyl groups is 1. The van der Waals surface area contributed by atoms with E-state index >= 15 is 0 Å². The van der Waals surface area contributed by atoms with Crippen LogP contribution in [-0.4, -0.2) is 19.3 Å². The van der Waals surface area contributed by atoms with Crippen molar-refractivity contribution >= 4 is 0 Å². The van der Waals surface area contributed by atoms with Gasteiger partial charge < -0.3 is 14.6 Å². The number of hydrogen-bond acceptors (Lipinski definition) is 3. The van der Waals surface area contributed by atoms with Crippen molar-refractivity contribution in [2.75, 3.05) is 14.2 Å². The number of hydrogen-bond donors (Lipinski definition) is 1. The Balaban J connectivity index is 2.03. The third kappa shape index (κ3) is 3.99. The summed E-state index contributed by atoms with van der Waals surface area (Å²) in [6.07, 6.45) is 0.941. The van der Waals surface area contributed by atoms with Gasteiger partial charge in [0.2, 0.25) is 0 Å². The van der Waals surface area contributed by atoms with E-state index in [0.29, 0.717) is 6.42 Å². The zero-order valence-corrected chi connectivity index (χ0v) is 12.8. The van der Waals surface area contributed by atoms with Crippen LogP contribution in [0.4, 0.5) is 0 Å². The van der Waals surface area contributed by atoms with E-state index < -0.39 is 6.10 Å². The van der Waals surface area contributed by atoms with Crippen LogP contribution in [0.5, 0.6) is 11.5 Å². The van der Waals surface area contributed by atoms with E-state index in [2.05, 4.69) is 0 Å². The summed E-state index contributed by atoms with van der Waals surface area (Å²) in [7, 11) is 3.28. The zero-order valence-electron chi connectivity index (χ0n) is 12.8. The van der Waals surface area contributed by atoms with Gasteiger partial charge >= 0.3 is 0 Å². The fourth-order valence-corrected chi connectivity index (χ4v) is 2.37. The van der Waals surface area contributed by atoms with Crippen LogP contribution in [0.25, 0.3) is 0 Å². The summed E-state index contributed by atoms with van der Waals surface area (Å²) in [4.78, 5) is 0. The zero-order chi connectivity index (χ0) is 15.2. The van der Waals surface area contributed by atoms with Gasteiger partial charge in [-0.05, 0) is 49.6 Å². The van der Waals surface area contributed by atoms with Crippen molar-refractivity contribution in [3.8, 4) is 11.5 Å². The molecule has 0 bridgehead atoms. The minimum atomic E-state index is -0.526. The van der Waals surface area contributed by atoms with Crippen molar-refractivity contribution < 1.29 is 14.6 Å². The summed E-state index contributed by atoms with van der Waals surface area (Å²) >= 11 is 0. The predicted octanol–water partition coefficient (Wildman–Crippen LogP) is 3.68. The van der Waals surface area contributed by atoms with Gasteiger partial charge in [-0.3, -0.25) is 0 Å². The minimum absolute atomic E-state index is 0.526. The Hall–Kier alpha value is -2.00. The molecule has 3 heteroatoms. The van der Waals surface area contributed by atoms with Gasteiger partial charge in [-0.25, -0.2) is 0 Å². The van der Waals surface area contributed by atoms with Gasteiger partial charge in [0, 0.05) is 5.56 Å². The molecule has 0 aliphatic heterocycles. The van der Waals surface area contributed by atoms with Crippen LogP contribution in [-0.2, 0) is 6.42 Å². The monoisotopic (exact) mass is 286 g/mol. The lowest BCUT2D eigenvalue weighted by molar-refractivity contribution is 0.163. The molecule has 1 unspecified atom stereocenters. The Kier molecular flexibility index (Phi) is 5.23. The molecule has 0 heterocycles. The second-order valence-electron chi connectivity index (χ2n) is 5.15. The lowest BCUT2D eigenvalue weighted by Crippen LogP contribution is -2.03. The van der Waals surface area contributed by atoms with Crippen LogP contribution in [0.3, 0.4) is 0 Å². The second kappa shape index (κ2) is 7.14. The highest BCUT2D eigenvalue weighted by Crippen LogP contribution is 2.29. The average molecular weight is 286 g/mol. The van der Waals surface area contributed by atoms with E-state index in [0.717, 1.165) is 29.0 Å². The molecule has 1 atom stereocenters. The van der Waals surface area contributed by atoms with Crippen LogP contribution in [0.1, 0.15) is 29.2 Å². The summed E-state index contributed by atoms with van der Waals surface area (Å²) in [6.45, 7) is 2.01. The van der Waals surface area contributed by atoms with Crippen LogP contribution < -0.4 is 9.47 Å². The van der Waals surface area contributed by atoms with Gasteiger partial charge in [-0.1, -0.05) is 23.8 Å². The molecule has 0 aliphatic carbocycles. The average Bonchev–Trinajstić information content (AvgIpc) is 2.53. The van der Waals surface area contributed by atoms with Gasteiger partial charge in [-0.2, -0.15) is 0 Å². The third-order valence-electron chi connectivity index (χ3n) is 3.61. The molecular weight excluding hydrogens is 264 g/mol. The largest absolute Gasteiger partial charge is 0.497 e. The van der Waals surface area contributed by atoms with Crippen molar-refractivity contribution in [1.29, 1.82) is 0 Å². The van der Waals surface area contributed by atoms with Gasteiger partial charge in [0.15, 0.2) is 0 Å². The molecule has 1 N–H and O–H groups in total. The first-order valence-electron chi connectivity index (χ1n) is 7.09. The fraction of sp³-hybridized carbons (Fsp3) is 0.333. The summed E-state index contributed by atoms with van der Waals surface area (Å²) < 4.78 is 10.5.